The van der Waals surface area contributed by atoms with E-state index in [1.54, 1.807) is 6.20 Å². The van der Waals surface area contributed by atoms with Crippen molar-refractivity contribution in [3.05, 3.63) is 66.5 Å². The van der Waals surface area contributed by atoms with Gasteiger partial charge in [-0.1, -0.05) is 46.8 Å². The van der Waals surface area contributed by atoms with E-state index < -0.39 is 18.3 Å². The maximum atomic E-state index is 14.7. The molecule has 54 heavy (non-hydrogen) atoms. The average molecular weight is 733 g/mol. The Morgan fingerprint density at radius 2 is 1.65 bits per heavy atom. The maximum absolute atomic E-state index is 14.7. The third-order valence-corrected chi connectivity index (χ3v) is 12.0. The van der Waals surface area contributed by atoms with Gasteiger partial charge < -0.3 is 34.8 Å². The van der Waals surface area contributed by atoms with Crippen molar-refractivity contribution < 1.29 is 18.7 Å². The number of nitrogens with two attached hydrogens (primary N) is 1. The molecule has 7 atom stereocenters. The highest BCUT2D eigenvalue weighted by molar-refractivity contribution is 5.92. The molecule has 282 valence electrons. The summed E-state index contributed by atoms with van der Waals surface area (Å²) in [6.07, 6.45) is 5.91. The van der Waals surface area contributed by atoms with Crippen molar-refractivity contribution >= 4 is 22.7 Å². The van der Waals surface area contributed by atoms with Gasteiger partial charge in [-0.25, -0.2) is 14.4 Å². The van der Waals surface area contributed by atoms with Crippen molar-refractivity contribution in [1.29, 1.82) is 0 Å². The van der Waals surface area contributed by atoms with Crippen LogP contribution in [-0.2, 0) is 9.59 Å². The molecular weight excluding hydrogens is 684 g/mol. The Labute approximate surface area is 314 Å². The quantitative estimate of drug-likeness (QED) is 0.142. The van der Waals surface area contributed by atoms with Crippen LogP contribution in [0.5, 0.6) is 5.75 Å². The van der Waals surface area contributed by atoms with Gasteiger partial charge >= 0.3 is 0 Å². The minimum absolute atomic E-state index is 0.00853. The highest BCUT2D eigenvalue weighted by Crippen LogP contribution is 2.53. The molecule has 0 spiro atoms. The summed E-state index contributed by atoms with van der Waals surface area (Å²) in [6.45, 7) is 10.1. The lowest BCUT2D eigenvalue weighted by Crippen LogP contribution is -2.46. The number of alkyl halides is 1. The second-order valence-corrected chi connectivity index (χ2v) is 16.6. The highest BCUT2D eigenvalue weighted by Gasteiger charge is 2.55. The van der Waals surface area contributed by atoms with E-state index in [2.05, 4.69) is 75.5 Å². The summed E-state index contributed by atoms with van der Waals surface area (Å²) in [6, 6.07) is 14.0. The Balaban J connectivity index is 0.985. The molecule has 6 heterocycles. The molecule has 1 aliphatic carbocycles. The maximum Gasteiger partial charge on any atom is 0.240 e. The van der Waals surface area contributed by atoms with Gasteiger partial charge in [0.05, 0.1) is 59.7 Å². The number of piperidine rings is 1. The standard InChI is InChI=1S/C42H49FN8O3/c1-6-38-51-31-10-8-23(29-18-46-41(48-29)35-15-26-13-32(26)50(35)37(52)11-21(2)3)12-25(31)14-33(51)28-9-7-24(16-36(28)54-38)30-19-45-40(47-30)34-17-27(43)20-49(34)42(53)39(44)22(4)5/h7-10,12,14,16,18-19,21-22,26-27,32,34-35,38-39H,6,11,13,15,17,20,44H2,1-5H3,(H,45,47)(H,46,48). The second-order valence-electron chi connectivity index (χ2n) is 16.6. The Morgan fingerprint density at radius 3 is 2.35 bits per heavy atom. The number of benzene rings is 2. The van der Waals surface area contributed by atoms with Gasteiger partial charge in [-0.15, -0.1) is 0 Å². The number of aromatic amines is 2. The minimum Gasteiger partial charge on any atom is -0.469 e. The van der Waals surface area contributed by atoms with Gasteiger partial charge in [0.2, 0.25) is 11.8 Å². The zero-order chi connectivity index (χ0) is 37.6. The number of ether oxygens (including phenoxy) is 1. The van der Waals surface area contributed by atoms with E-state index in [4.69, 9.17) is 15.5 Å². The summed E-state index contributed by atoms with van der Waals surface area (Å²) in [5.74, 6) is 3.05. The number of nitrogens with zero attached hydrogens (tertiary/aromatic N) is 5. The van der Waals surface area contributed by atoms with Crippen LogP contribution in [0.25, 0.3) is 44.7 Å². The number of imidazole rings is 2. The predicted octanol–water partition coefficient (Wildman–Crippen LogP) is 7.69. The first-order valence-corrected chi connectivity index (χ1v) is 19.6. The number of amides is 2. The number of carbonyl (C=O) groups is 2. The van der Waals surface area contributed by atoms with E-state index >= 15 is 0 Å². The van der Waals surface area contributed by atoms with Crippen LogP contribution in [-0.4, -0.2) is 70.9 Å². The molecule has 3 fully saturated rings. The van der Waals surface area contributed by atoms with Crippen molar-refractivity contribution in [2.24, 2.45) is 23.5 Å². The zero-order valence-corrected chi connectivity index (χ0v) is 31.6. The first-order chi connectivity index (χ1) is 26.0. The minimum atomic E-state index is -1.13. The van der Waals surface area contributed by atoms with E-state index in [0.29, 0.717) is 30.1 Å². The molecule has 7 unspecified atom stereocenters. The number of halogens is 1. The van der Waals surface area contributed by atoms with Gasteiger partial charge in [-0.05, 0) is 60.9 Å². The average Bonchev–Trinajstić information content (AvgIpc) is 3.76. The Morgan fingerprint density at radius 1 is 0.944 bits per heavy atom. The number of fused-ring (bicyclic) bond motifs is 6. The van der Waals surface area contributed by atoms with Crippen molar-refractivity contribution in [1.82, 2.24) is 34.3 Å². The molecule has 3 aliphatic heterocycles. The molecule has 12 heteroatoms. The number of nitrogens with one attached hydrogen (secondary N) is 2. The Hall–Kier alpha value is -4.97. The summed E-state index contributed by atoms with van der Waals surface area (Å²) in [4.78, 5) is 46.4. The van der Waals surface area contributed by atoms with Crippen molar-refractivity contribution in [2.45, 2.75) is 103 Å². The number of carbonyl (C=O) groups excluding carboxylic acids is 2. The lowest BCUT2D eigenvalue weighted by Gasteiger charge is -2.29. The molecule has 2 saturated heterocycles. The van der Waals surface area contributed by atoms with Crippen LogP contribution >= 0.6 is 0 Å². The lowest BCUT2D eigenvalue weighted by atomic mass is 10.0. The van der Waals surface area contributed by atoms with Crippen molar-refractivity contribution in [2.75, 3.05) is 6.54 Å². The summed E-state index contributed by atoms with van der Waals surface area (Å²) < 4.78 is 23.6. The first-order valence-electron chi connectivity index (χ1n) is 19.6. The van der Waals surface area contributed by atoms with Gasteiger partial charge in [-0.3, -0.25) is 9.59 Å². The first kappa shape index (κ1) is 34.8. The fourth-order valence-corrected chi connectivity index (χ4v) is 8.97. The van der Waals surface area contributed by atoms with E-state index in [9.17, 15) is 14.0 Å². The monoisotopic (exact) mass is 732 g/mol. The Kier molecular flexibility index (Phi) is 8.44. The molecule has 5 aromatic rings. The van der Waals surface area contributed by atoms with Gasteiger partial charge in [-0.2, -0.15) is 0 Å². The normalized spacial score (nSPS) is 24.9. The SMILES string of the molecule is CCC1Oc2cc(-c3cnc(C4CC(F)CN4C(=O)C(N)C(C)C)[nH]3)ccc2-c2cc3cc(-c4cnc(C5CC6CC6N5C(=O)CC(C)C)[nH]4)ccc3n21. The molecule has 4 aliphatic rings. The van der Waals surface area contributed by atoms with Gasteiger partial charge in [0, 0.05) is 47.4 Å². The molecule has 2 amide bonds. The van der Waals surface area contributed by atoms with Crippen LogP contribution in [0.2, 0.25) is 0 Å². The van der Waals surface area contributed by atoms with Crippen molar-refractivity contribution in [3.8, 4) is 39.5 Å². The number of aromatic nitrogens is 5. The third-order valence-electron chi connectivity index (χ3n) is 12.0. The zero-order valence-electron chi connectivity index (χ0n) is 31.6. The molecule has 3 aromatic heterocycles. The second kappa shape index (κ2) is 13.1. The number of hydrogen-bond acceptors (Lipinski definition) is 6. The van der Waals surface area contributed by atoms with E-state index in [1.165, 1.54) is 4.90 Å². The largest absolute Gasteiger partial charge is 0.469 e. The topological polar surface area (TPSA) is 138 Å². The molecule has 9 rings (SSSR count). The molecule has 11 nitrogen and oxygen atoms in total. The van der Waals surface area contributed by atoms with Crippen LogP contribution in [0.15, 0.2) is 54.9 Å². The molecule has 0 radical (unpaired) electrons. The fraction of sp³-hybridized carbons (Fsp3) is 0.476. The summed E-state index contributed by atoms with van der Waals surface area (Å²) in [5.41, 5.74) is 13.0. The molecule has 1 saturated carbocycles. The van der Waals surface area contributed by atoms with Crippen LogP contribution in [0, 0.1) is 17.8 Å². The summed E-state index contributed by atoms with van der Waals surface area (Å²) in [5, 5.41) is 1.10. The number of likely N-dealkylation sites (tertiary alicyclic amines) is 2. The van der Waals surface area contributed by atoms with Gasteiger partial charge in [0.1, 0.15) is 23.6 Å². The third kappa shape index (κ3) is 5.80. The van der Waals surface area contributed by atoms with Gasteiger partial charge in [0.15, 0.2) is 6.23 Å². The number of rotatable bonds is 9. The van der Waals surface area contributed by atoms with Crippen molar-refractivity contribution in [3.63, 3.8) is 0 Å². The van der Waals surface area contributed by atoms with Crippen LogP contribution in [0.3, 0.4) is 0 Å². The summed E-state index contributed by atoms with van der Waals surface area (Å²) >= 11 is 0. The lowest BCUT2D eigenvalue weighted by molar-refractivity contribution is -0.135. The van der Waals surface area contributed by atoms with Crippen LogP contribution in [0.1, 0.15) is 96.7 Å². The molecule has 4 N–H and O–H groups in total. The van der Waals surface area contributed by atoms with Crippen LogP contribution < -0.4 is 10.5 Å². The molecule has 2 aromatic carbocycles. The van der Waals surface area contributed by atoms with E-state index in [0.717, 1.165) is 75.5 Å². The van der Waals surface area contributed by atoms with E-state index in [1.807, 2.05) is 32.2 Å². The molecule has 0 bridgehead atoms. The van der Waals surface area contributed by atoms with Gasteiger partial charge in [0.25, 0.3) is 0 Å². The Bertz CT molecular complexity index is 2250. The fourth-order valence-electron chi connectivity index (χ4n) is 8.97. The van der Waals surface area contributed by atoms with E-state index in [-0.39, 0.29) is 43.0 Å². The predicted molar refractivity (Wildman–Crippen MR) is 205 cm³/mol. The smallest absolute Gasteiger partial charge is 0.240 e. The summed E-state index contributed by atoms with van der Waals surface area (Å²) in [7, 11) is 0. The number of hydrogen-bond donors (Lipinski definition) is 3. The molecular formula is C42H49FN8O3. The highest BCUT2D eigenvalue weighted by atomic mass is 19.1. The van der Waals surface area contributed by atoms with Crippen LogP contribution in [0.4, 0.5) is 4.39 Å². The number of H-pyrrole nitrogens is 2.